The van der Waals surface area contributed by atoms with Gasteiger partial charge >= 0.3 is 0 Å². The third-order valence-corrected chi connectivity index (χ3v) is 3.06. The van der Waals surface area contributed by atoms with E-state index in [9.17, 15) is 0 Å². The van der Waals surface area contributed by atoms with E-state index in [-0.39, 0.29) is 0 Å². The number of methoxy groups -OCH3 is 2. The summed E-state index contributed by atoms with van der Waals surface area (Å²) in [5.41, 5.74) is 0.897. The van der Waals surface area contributed by atoms with E-state index < -0.39 is 0 Å². The standard InChI is InChI=1S/C16H21NO3/c1-4-10-17-11-12-8-9-14(20-12)13-6-5-7-15(18-2)16(13)19-3/h5-9,17H,4,10-11H2,1-3H3. The molecule has 1 N–H and O–H groups in total. The van der Waals surface area contributed by atoms with E-state index in [1.807, 2.05) is 30.3 Å². The minimum Gasteiger partial charge on any atom is -0.493 e. The van der Waals surface area contributed by atoms with Gasteiger partial charge < -0.3 is 19.2 Å². The molecular weight excluding hydrogens is 254 g/mol. The van der Waals surface area contributed by atoms with Crippen LogP contribution in [0.3, 0.4) is 0 Å². The Labute approximate surface area is 119 Å². The third kappa shape index (κ3) is 3.14. The van der Waals surface area contributed by atoms with Gasteiger partial charge in [0.15, 0.2) is 11.5 Å². The summed E-state index contributed by atoms with van der Waals surface area (Å²) in [5, 5.41) is 3.32. The molecule has 0 spiro atoms. The van der Waals surface area contributed by atoms with E-state index in [0.29, 0.717) is 11.5 Å². The molecule has 0 unspecified atom stereocenters. The summed E-state index contributed by atoms with van der Waals surface area (Å²) in [4.78, 5) is 0. The largest absolute Gasteiger partial charge is 0.493 e. The van der Waals surface area contributed by atoms with Crippen LogP contribution in [0, 0.1) is 0 Å². The molecular formula is C16H21NO3. The Morgan fingerprint density at radius 3 is 2.65 bits per heavy atom. The second-order valence-corrected chi connectivity index (χ2v) is 4.48. The van der Waals surface area contributed by atoms with Crippen LogP contribution in [0.5, 0.6) is 11.5 Å². The third-order valence-electron chi connectivity index (χ3n) is 3.06. The molecule has 0 radical (unpaired) electrons. The molecule has 0 aliphatic heterocycles. The predicted molar refractivity (Wildman–Crippen MR) is 79.2 cm³/mol. The smallest absolute Gasteiger partial charge is 0.171 e. The summed E-state index contributed by atoms with van der Waals surface area (Å²) in [6.07, 6.45) is 1.11. The first-order valence-corrected chi connectivity index (χ1v) is 6.81. The van der Waals surface area contributed by atoms with Crippen molar-refractivity contribution < 1.29 is 13.9 Å². The average molecular weight is 275 g/mol. The molecule has 4 nitrogen and oxygen atoms in total. The fourth-order valence-electron chi connectivity index (χ4n) is 2.09. The molecule has 0 aliphatic carbocycles. The highest BCUT2D eigenvalue weighted by Gasteiger charge is 2.14. The van der Waals surface area contributed by atoms with Crippen molar-refractivity contribution >= 4 is 0 Å². The Morgan fingerprint density at radius 1 is 1.10 bits per heavy atom. The molecule has 0 saturated heterocycles. The maximum atomic E-state index is 5.86. The van der Waals surface area contributed by atoms with Crippen molar-refractivity contribution in [1.82, 2.24) is 5.32 Å². The van der Waals surface area contributed by atoms with Crippen LogP contribution in [0.1, 0.15) is 19.1 Å². The second kappa shape index (κ2) is 7.01. The van der Waals surface area contributed by atoms with Crippen LogP contribution in [0.15, 0.2) is 34.7 Å². The summed E-state index contributed by atoms with van der Waals surface area (Å²) in [6.45, 7) is 3.86. The van der Waals surface area contributed by atoms with Gasteiger partial charge in [0.05, 0.1) is 26.3 Å². The predicted octanol–water partition coefficient (Wildman–Crippen LogP) is 3.46. The number of hydrogen-bond donors (Lipinski definition) is 1. The van der Waals surface area contributed by atoms with Crippen molar-refractivity contribution in [1.29, 1.82) is 0 Å². The van der Waals surface area contributed by atoms with Crippen LogP contribution in [0.25, 0.3) is 11.3 Å². The molecule has 2 aromatic rings. The maximum Gasteiger partial charge on any atom is 0.171 e. The zero-order chi connectivity index (χ0) is 14.4. The first-order valence-electron chi connectivity index (χ1n) is 6.81. The summed E-state index contributed by atoms with van der Waals surface area (Å²) in [5.74, 6) is 3.09. The van der Waals surface area contributed by atoms with Crippen LogP contribution in [-0.4, -0.2) is 20.8 Å². The molecule has 108 valence electrons. The number of furan rings is 1. The normalized spacial score (nSPS) is 10.6. The van der Waals surface area contributed by atoms with Gasteiger partial charge in [0, 0.05) is 0 Å². The lowest BCUT2D eigenvalue weighted by Crippen LogP contribution is -2.12. The van der Waals surface area contributed by atoms with Gasteiger partial charge in [-0.2, -0.15) is 0 Å². The summed E-state index contributed by atoms with van der Waals surface area (Å²) < 4.78 is 16.6. The van der Waals surface area contributed by atoms with E-state index in [4.69, 9.17) is 13.9 Å². The van der Waals surface area contributed by atoms with Crippen molar-refractivity contribution in [2.45, 2.75) is 19.9 Å². The minimum atomic E-state index is 0.692. The molecule has 1 aromatic carbocycles. The molecule has 0 bridgehead atoms. The average Bonchev–Trinajstić information content (AvgIpc) is 2.95. The number of nitrogens with one attached hydrogen (secondary N) is 1. The maximum absolute atomic E-state index is 5.86. The van der Waals surface area contributed by atoms with E-state index >= 15 is 0 Å². The number of para-hydroxylation sites is 1. The molecule has 2 rings (SSSR count). The molecule has 0 aliphatic rings. The Bertz CT molecular complexity index is 548. The van der Waals surface area contributed by atoms with Crippen LogP contribution in [0.4, 0.5) is 0 Å². The van der Waals surface area contributed by atoms with Crippen molar-refractivity contribution in [3.8, 4) is 22.8 Å². The number of benzene rings is 1. The molecule has 20 heavy (non-hydrogen) atoms. The summed E-state index contributed by atoms with van der Waals surface area (Å²) in [6, 6.07) is 9.70. The lowest BCUT2D eigenvalue weighted by Gasteiger charge is -2.10. The molecule has 1 aromatic heterocycles. The zero-order valence-electron chi connectivity index (χ0n) is 12.2. The lowest BCUT2D eigenvalue weighted by molar-refractivity contribution is 0.355. The zero-order valence-corrected chi connectivity index (χ0v) is 12.2. The van der Waals surface area contributed by atoms with Gasteiger partial charge in [-0.05, 0) is 37.2 Å². The van der Waals surface area contributed by atoms with Crippen LogP contribution >= 0.6 is 0 Å². The van der Waals surface area contributed by atoms with Crippen LogP contribution < -0.4 is 14.8 Å². The molecule has 0 fully saturated rings. The highest BCUT2D eigenvalue weighted by atomic mass is 16.5. The molecule has 0 atom stereocenters. The van der Waals surface area contributed by atoms with E-state index in [1.54, 1.807) is 14.2 Å². The Morgan fingerprint density at radius 2 is 1.95 bits per heavy atom. The number of hydrogen-bond acceptors (Lipinski definition) is 4. The fraction of sp³-hybridized carbons (Fsp3) is 0.375. The highest BCUT2D eigenvalue weighted by molar-refractivity contribution is 5.70. The molecule has 0 saturated carbocycles. The first kappa shape index (κ1) is 14.5. The first-order chi connectivity index (χ1) is 9.80. The van der Waals surface area contributed by atoms with Gasteiger partial charge in [-0.15, -0.1) is 0 Å². The number of rotatable bonds is 7. The van der Waals surface area contributed by atoms with Crippen LogP contribution in [-0.2, 0) is 6.54 Å². The fourth-order valence-corrected chi connectivity index (χ4v) is 2.09. The van der Waals surface area contributed by atoms with E-state index in [0.717, 1.165) is 36.6 Å². The minimum absolute atomic E-state index is 0.692. The number of ether oxygens (including phenoxy) is 2. The highest BCUT2D eigenvalue weighted by Crippen LogP contribution is 2.38. The van der Waals surface area contributed by atoms with Crippen molar-refractivity contribution in [2.24, 2.45) is 0 Å². The van der Waals surface area contributed by atoms with Crippen LogP contribution in [0.2, 0.25) is 0 Å². The SMILES string of the molecule is CCCNCc1ccc(-c2cccc(OC)c2OC)o1. The summed E-state index contributed by atoms with van der Waals surface area (Å²) >= 11 is 0. The van der Waals surface area contributed by atoms with E-state index in [1.165, 1.54) is 0 Å². The Balaban J connectivity index is 2.23. The Kier molecular flexibility index (Phi) is 5.07. The lowest BCUT2D eigenvalue weighted by atomic mass is 10.1. The van der Waals surface area contributed by atoms with Crippen molar-refractivity contribution in [3.05, 3.63) is 36.1 Å². The molecule has 1 heterocycles. The van der Waals surface area contributed by atoms with Crippen molar-refractivity contribution in [3.63, 3.8) is 0 Å². The monoisotopic (exact) mass is 275 g/mol. The topological polar surface area (TPSA) is 43.6 Å². The van der Waals surface area contributed by atoms with Crippen molar-refractivity contribution in [2.75, 3.05) is 20.8 Å². The van der Waals surface area contributed by atoms with E-state index in [2.05, 4.69) is 12.2 Å². The van der Waals surface area contributed by atoms with Gasteiger partial charge in [-0.25, -0.2) is 0 Å². The van der Waals surface area contributed by atoms with Gasteiger partial charge in [-0.1, -0.05) is 13.0 Å². The summed E-state index contributed by atoms with van der Waals surface area (Å²) in [7, 11) is 3.26. The van der Waals surface area contributed by atoms with Gasteiger partial charge in [0.25, 0.3) is 0 Å². The Hall–Kier alpha value is -1.94. The second-order valence-electron chi connectivity index (χ2n) is 4.48. The molecule has 4 heteroatoms. The molecule has 0 amide bonds. The van der Waals surface area contributed by atoms with Gasteiger partial charge in [-0.3, -0.25) is 0 Å². The quantitative estimate of drug-likeness (QED) is 0.786. The van der Waals surface area contributed by atoms with Gasteiger partial charge in [0.2, 0.25) is 0 Å². The van der Waals surface area contributed by atoms with Gasteiger partial charge in [0.1, 0.15) is 11.5 Å².